The summed E-state index contributed by atoms with van der Waals surface area (Å²) in [6.07, 6.45) is 1.64. The predicted molar refractivity (Wildman–Crippen MR) is 92.3 cm³/mol. The van der Waals surface area contributed by atoms with Crippen LogP contribution in [0.25, 0.3) is 22.7 Å². The molecule has 0 aliphatic heterocycles. The first-order chi connectivity index (χ1) is 11.5. The number of hydrogen-bond donors (Lipinski definition) is 1. The zero-order valence-electron chi connectivity index (χ0n) is 13.5. The summed E-state index contributed by atoms with van der Waals surface area (Å²) < 4.78 is 11.0. The van der Waals surface area contributed by atoms with Gasteiger partial charge in [-0.15, -0.1) is 0 Å². The van der Waals surface area contributed by atoms with Gasteiger partial charge in [-0.25, -0.2) is 4.98 Å². The molecule has 6 nitrogen and oxygen atoms in total. The highest BCUT2D eigenvalue weighted by atomic mass is 35.5. The number of halogens is 1. The van der Waals surface area contributed by atoms with Gasteiger partial charge in [-0.05, 0) is 24.3 Å². The van der Waals surface area contributed by atoms with Crippen molar-refractivity contribution in [2.24, 2.45) is 5.92 Å². The number of nitrogens with zero attached hydrogens (tertiary/aromatic N) is 2. The highest BCUT2D eigenvalue weighted by molar-refractivity contribution is 6.33. The summed E-state index contributed by atoms with van der Waals surface area (Å²) >= 11 is 6.28. The smallest absolute Gasteiger partial charge is 0.229 e. The SMILES string of the molecule is COc1c(Cl)cc(-c2nc3ncccc3o2)cc1NC(=O)C(C)C. The maximum Gasteiger partial charge on any atom is 0.229 e. The standard InChI is InChI=1S/C17H16ClN3O3/c1-9(2)16(22)20-12-8-10(7-11(18)14(12)23-3)17-21-15-13(24-17)5-4-6-19-15/h4-9H,1-3H3,(H,20,22). The van der Waals surface area contributed by atoms with E-state index in [1.165, 1.54) is 7.11 Å². The molecule has 2 heterocycles. The van der Waals surface area contributed by atoms with Gasteiger partial charge in [0, 0.05) is 17.7 Å². The quantitative estimate of drug-likeness (QED) is 0.768. The number of fused-ring (bicyclic) bond motifs is 1. The summed E-state index contributed by atoms with van der Waals surface area (Å²) in [6.45, 7) is 3.61. The molecule has 0 atom stereocenters. The lowest BCUT2D eigenvalue weighted by Gasteiger charge is -2.14. The van der Waals surface area contributed by atoms with Gasteiger partial charge in [0.25, 0.3) is 0 Å². The van der Waals surface area contributed by atoms with Crippen LogP contribution in [0.3, 0.4) is 0 Å². The molecule has 124 valence electrons. The van der Waals surface area contributed by atoms with E-state index in [0.29, 0.717) is 39.1 Å². The number of amides is 1. The molecule has 2 aromatic heterocycles. The van der Waals surface area contributed by atoms with Crippen LogP contribution in [0.1, 0.15) is 13.8 Å². The molecule has 0 unspecified atom stereocenters. The van der Waals surface area contributed by atoms with E-state index in [4.69, 9.17) is 20.8 Å². The van der Waals surface area contributed by atoms with Crippen molar-refractivity contribution < 1.29 is 13.9 Å². The second-order valence-corrected chi connectivity index (χ2v) is 5.93. The maximum atomic E-state index is 12.0. The highest BCUT2D eigenvalue weighted by Crippen LogP contribution is 2.38. The third kappa shape index (κ3) is 3.05. The van der Waals surface area contributed by atoms with Gasteiger partial charge >= 0.3 is 0 Å². The molecule has 24 heavy (non-hydrogen) atoms. The van der Waals surface area contributed by atoms with Crippen LogP contribution in [-0.4, -0.2) is 23.0 Å². The number of ether oxygens (including phenoxy) is 1. The van der Waals surface area contributed by atoms with Crippen molar-refractivity contribution >= 4 is 34.4 Å². The van der Waals surface area contributed by atoms with E-state index in [9.17, 15) is 4.79 Å². The molecular formula is C17H16ClN3O3. The third-order valence-electron chi connectivity index (χ3n) is 3.44. The minimum atomic E-state index is -0.175. The number of hydrogen-bond acceptors (Lipinski definition) is 5. The first-order valence-corrected chi connectivity index (χ1v) is 7.77. The molecule has 0 aliphatic carbocycles. The number of benzene rings is 1. The van der Waals surface area contributed by atoms with E-state index in [0.717, 1.165) is 0 Å². The monoisotopic (exact) mass is 345 g/mol. The molecule has 1 aromatic carbocycles. The lowest BCUT2D eigenvalue weighted by Crippen LogP contribution is -2.18. The first kappa shape index (κ1) is 16.3. The van der Waals surface area contributed by atoms with Gasteiger partial charge in [0.15, 0.2) is 17.0 Å². The minimum Gasteiger partial charge on any atom is -0.493 e. The number of pyridine rings is 1. The zero-order chi connectivity index (χ0) is 17.3. The number of nitrogens with one attached hydrogen (secondary N) is 1. The Balaban J connectivity index is 2.08. The van der Waals surface area contributed by atoms with E-state index < -0.39 is 0 Å². The Labute approximate surface area is 143 Å². The lowest BCUT2D eigenvalue weighted by molar-refractivity contribution is -0.118. The second kappa shape index (κ2) is 6.49. The minimum absolute atomic E-state index is 0.138. The largest absolute Gasteiger partial charge is 0.493 e. The van der Waals surface area contributed by atoms with Crippen LogP contribution in [0.15, 0.2) is 34.9 Å². The summed E-state index contributed by atoms with van der Waals surface area (Å²) in [5, 5.41) is 3.16. The topological polar surface area (TPSA) is 77.2 Å². The fraction of sp³-hybridized carbons (Fsp3) is 0.235. The molecule has 0 radical (unpaired) electrons. The number of carbonyl (C=O) groups excluding carboxylic acids is 1. The van der Waals surface area contributed by atoms with Crippen molar-refractivity contribution in [3.8, 4) is 17.2 Å². The van der Waals surface area contributed by atoms with E-state index in [-0.39, 0.29) is 11.8 Å². The fourth-order valence-corrected chi connectivity index (χ4v) is 2.48. The number of anilines is 1. The van der Waals surface area contributed by atoms with Crippen molar-refractivity contribution in [2.45, 2.75) is 13.8 Å². The van der Waals surface area contributed by atoms with E-state index >= 15 is 0 Å². The summed E-state index contributed by atoms with van der Waals surface area (Å²) in [4.78, 5) is 20.5. The van der Waals surface area contributed by atoms with Crippen LogP contribution >= 0.6 is 11.6 Å². The van der Waals surface area contributed by atoms with E-state index in [1.54, 1.807) is 44.3 Å². The van der Waals surface area contributed by atoms with Gasteiger partial charge in [0.1, 0.15) is 0 Å². The Morgan fingerprint density at radius 1 is 1.38 bits per heavy atom. The van der Waals surface area contributed by atoms with Gasteiger partial charge in [-0.1, -0.05) is 25.4 Å². The molecular weight excluding hydrogens is 330 g/mol. The number of oxazole rings is 1. The Kier molecular flexibility index (Phi) is 4.40. The Morgan fingerprint density at radius 3 is 2.83 bits per heavy atom. The van der Waals surface area contributed by atoms with E-state index in [1.807, 2.05) is 0 Å². The molecule has 0 spiro atoms. The Bertz CT molecular complexity index is 872. The maximum absolute atomic E-state index is 12.0. The molecule has 0 aliphatic rings. The highest BCUT2D eigenvalue weighted by Gasteiger charge is 2.18. The molecule has 1 N–H and O–H groups in total. The molecule has 0 bridgehead atoms. The first-order valence-electron chi connectivity index (χ1n) is 7.40. The number of rotatable bonds is 4. The predicted octanol–water partition coefficient (Wildman–Crippen LogP) is 4.15. The molecule has 7 heteroatoms. The van der Waals surface area contributed by atoms with Crippen LogP contribution in [0, 0.1) is 5.92 Å². The molecule has 3 rings (SSSR count). The molecule has 0 saturated heterocycles. The van der Waals surface area contributed by atoms with Gasteiger partial charge in [-0.3, -0.25) is 4.79 Å². The molecule has 0 saturated carbocycles. The summed E-state index contributed by atoms with van der Waals surface area (Å²) in [5.41, 5.74) is 2.17. The number of carbonyl (C=O) groups is 1. The lowest BCUT2D eigenvalue weighted by atomic mass is 10.1. The van der Waals surface area contributed by atoms with Crippen LogP contribution in [0.2, 0.25) is 5.02 Å². The fourth-order valence-electron chi connectivity index (χ4n) is 2.19. The average Bonchev–Trinajstić information content (AvgIpc) is 2.98. The molecule has 1 amide bonds. The Morgan fingerprint density at radius 2 is 2.17 bits per heavy atom. The van der Waals surface area contributed by atoms with Crippen molar-refractivity contribution in [3.63, 3.8) is 0 Å². The van der Waals surface area contributed by atoms with Crippen molar-refractivity contribution in [1.82, 2.24) is 9.97 Å². The molecule has 0 fully saturated rings. The summed E-state index contributed by atoms with van der Waals surface area (Å²) in [7, 11) is 1.50. The van der Waals surface area contributed by atoms with Gasteiger partial charge in [0.2, 0.25) is 11.8 Å². The van der Waals surface area contributed by atoms with Crippen molar-refractivity contribution in [1.29, 1.82) is 0 Å². The number of aromatic nitrogens is 2. The number of methoxy groups -OCH3 is 1. The second-order valence-electron chi connectivity index (χ2n) is 5.53. The van der Waals surface area contributed by atoms with E-state index in [2.05, 4.69) is 15.3 Å². The normalized spacial score (nSPS) is 11.0. The summed E-state index contributed by atoms with van der Waals surface area (Å²) in [5.74, 6) is 0.448. The Hall–Kier alpha value is -2.60. The average molecular weight is 346 g/mol. The summed E-state index contributed by atoms with van der Waals surface area (Å²) in [6, 6.07) is 6.95. The van der Waals surface area contributed by atoms with Crippen molar-refractivity contribution in [3.05, 3.63) is 35.5 Å². The van der Waals surface area contributed by atoms with Gasteiger partial charge < -0.3 is 14.5 Å². The van der Waals surface area contributed by atoms with Crippen LogP contribution in [0.5, 0.6) is 5.75 Å². The zero-order valence-corrected chi connectivity index (χ0v) is 14.2. The van der Waals surface area contributed by atoms with Crippen molar-refractivity contribution in [2.75, 3.05) is 12.4 Å². The van der Waals surface area contributed by atoms with Crippen LogP contribution in [0.4, 0.5) is 5.69 Å². The van der Waals surface area contributed by atoms with Gasteiger partial charge in [-0.2, -0.15) is 4.98 Å². The molecule has 3 aromatic rings. The van der Waals surface area contributed by atoms with Crippen LogP contribution in [-0.2, 0) is 4.79 Å². The van der Waals surface area contributed by atoms with Gasteiger partial charge in [0.05, 0.1) is 17.8 Å². The third-order valence-corrected chi connectivity index (χ3v) is 3.72. The van der Waals surface area contributed by atoms with Crippen LogP contribution < -0.4 is 10.1 Å².